The third-order valence-corrected chi connectivity index (χ3v) is 5.17. The third-order valence-electron chi connectivity index (χ3n) is 3.77. The van der Waals surface area contributed by atoms with Gasteiger partial charge >= 0.3 is 5.97 Å². The number of esters is 1. The molecule has 144 valence electrons. The highest BCUT2D eigenvalue weighted by atomic mass is 35.5. The summed E-state index contributed by atoms with van der Waals surface area (Å²) in [5, 5.41) is 6.05. The minimum Gasteiger partial charge on any atom is -0.484 e. The summed E-state index contributed by atoms with van der Waals surface area (Å²) in [4.78, 5) is 24.6. The van der Waals surface area contributed by atoms with Crippen molar-refractivity contribution in [3.8, 4) is 16.9 Å². The number of benzene rings is 2. The molecular formula is C20H15Cl2NO4S. The SMILES string of the molecule is COC(=O)c1c(-c2ccc(Cl)cc2)csc1NC(=O)COc1ccc(Cl)cc1. The van der Waals surface area contributed by atoms with Crippen LogP contribution in [0.2, 0.25) is 10.0 Å². The fourth-order valence-corrected chi connectivity index (χ4v) is 3.66. The number of halogens is 2. The van der Waals surface area contributed by atoms with Crippen LogP contribution in [0.1, 0.15) is 10.4 Å². The van der Waals surface area contributed by atoms with Crippen LogP contribution in [0.5, 0.6) is 5.75 Å². The molecule has 0 atom stereocenters. The summed E-state index contributed by atoms with van der Waals surface area (Å²) in [6, 6.07) is 13.7. The first-order valence-corrected chi connectivity index (χ1v) is 9.75. The van der Waals surface area contributed by atoms with Gasteiger partial charge in [0.05, 0.1) is 7.11 Å². The average molecular weight is 436 g/mol. The number of methoxy groups -OCH3 is 1. The van der Waals surface area contributed by atoms with E-state index in [1.54, 1.807) is 53.9 Å². The van der Waals surface area contributed by atoms with Gasteiger partial charge in [-0.1, -0.05) is 35.3 Å². The number of hydrogen-bond donors (Lipinski definition) is 1. The van der Waals surface area contributed by atoms with E-state index in [2.05, 4.69) is 5.32 Å². The van der Waals surface area contributed by atoms with Gasteiger partial charge in [-0.3, -0.25) is 4.79 Å². The van der Waals surface area contributed by atoms with E-state index in [9.17, 15) is 9.59 Å². The van der Waals surface area contributed by atoms with Crippen molar-refractivity contribution < 1.29 is 19.1 Å². The second-order valence-corrected chi connectivity index (χ2v) is 7.40. The second kappa shape index (κ2) is 9.10. The van der Waals surface area contributed by atoms with E-state index in [4.69, 9.17) is 32.7 Å². The monoisotopic (exact) mass is 435 g/mol. The number of rotatable bonds is 6. The van der Waals surface area contributed by atoms with E-state index in [1.807, 2.05) is 0 Å². The standard InChI is InChI=1S/C20H15Cl2NO4S/c1-26-20(25)18-16(12-2-4-13(21)5-3-12)11-28-19(18)23-17(24)10-27-15-8-6-14(22)7-9-15/h2-9,11H,10H2,1H3,(H,23,24). The highest BCUT2D eigenvalue weighted by Gasteiger charge is 2.22. The summed E-state index contributed by atoms with van der Waals surface area (Å²) in [5.74, 6) is -0.425. The van der Waals surface area contributed by atoms with E-state index in [0.29, 0.717) is 26.4 Å². The maximum Gasteiger partial charge on any atom is 0.341 e. The van der Waals surface area contributed by atoms with Crippen molar-refractivity contribution in [1.29, 1.82) is 0 Å². The van der Waals surface area contributed by atoms with Crippen molar-refractivity contribution >= 4 is 51.4 Å². The Morgan fingerprint density at radius 1 is 1.00 bits per heavy atom. The quantitative estimate of drug-likeness (QED) is 0.517. The van der Waals surface area contributed by atoms with Gasteiger partial charge in [-0.2, -0.15) is 0 Å². The van der Waals surface area contributed by atoms with Gasteiger partial charge in [-0.15, -0.1) is 11.3 Å². The minimum atomic E-state index is -0.542. The molecule has 3 aromatic rings. The third kappa shape index (κ3) is 4.84. The minimum absolute atomic E-state index is 0.212. The summed E-state index contributed by atoms with van der Waals surface area (Å²) in [7, 11) is 1.29. The molecule has 0 aliphatic rings. The van der Waals surface area contributed by atoms with Crippen LogP contribution in [0.15, 0.2) is 53.9 Å². The number of ether oxygens (including phenoxy) is 2. The number of carbonyl (C=O) groups is 2. The first-order chi connectivity index (χ1) is 13.5. The maximum absolute atomic E-state index is 12.3. The first kappa shape index (κ1) is 20.2. The van der Waals surface area contributed by atoms with Gasteiger partial charge in [-0.05, 0) is 42.0 Å². The normalized spacial score (nSPS) is 10.4. The molecule has 0 radical (unpaired) electrons. The van der Waals surface area contributed by atoms with Crippen LogP contribution in [0, 0.1) is 0 Å². The number of thiophene rings is 1. The zero-order valence-electron chi connectivity index (χ0n) is 14.7. The highest BCUT2D eigenvalue weighted by Crippen LogP contribution is 2.36. The highest BCUT2D eigenvalue weighted by molar-refractivity contribution is 7.15. The molecule has 28 heavy (non-hydrogen) atoms. The first-order valence-electron chi connectivity index (χ1n) is 8.12. The van der Waals surface area contributed by atoms with Crippen LogP contribution in [-0.2, 0) is 9.53 Å². The van der Waals surface area contributed by atoms with E-state index in [1.165, 1.54) is 18.4 Å². The summed E-state index contributed by atoms with van der Waals surface area (Å²) in [6.45, 7) is -0.212. The molecule has 0 fully saturated rings. The molecule has 0 aliphatic heterocycles. The smallest absolute Gasteiger partial charge is 0.341 e. The Kier molecular flexibility index (Phi) is 6.57. The largest absolute Gasteiger partial charge is 0.484 e. The number of nitrogens with one attached hydrogen (secondary N) is 1. The Labute approximate surface area is 175 Å². The lowest BCUT2D eigenvalue weighted by Crippen LogP contribution is -2.21. The number of amides is 1. The van der Waals surface area contributed by atoms with Gasteiger partial charge in [0, 0.05) is 21.0 Å². The van der Waals surface area contributed by atoms with E-state index in [0.717, 1.165) is 5.56 Å². The Hall–Kier alpha value is -2.54. The predicted octanol–water partition coefficient (Wildman–Crippen LogP) is 5.53. The molecule has 1 N–H and O–H groups in total. The van der Waals surface area contributed by atoms with Gasteiger partial charge in [0.2, 0.25) is 0 Å². The lowest BCUT2D eigenvalue weighted by Gasteiger charge is -2.09. The van der Waals surface area contributed by atoms with Crippen LogP contribution in [0.25, 0.3) is 11.1 Å². The molecule has 0 aliphatic carbocycles. The lowest BCUT2D eigenvalue weighted by atomic mass is 10.0. The van der Waals surface area contributed by atoms with Crippen LogP contribution in [-0.4, -0.2) is 25.6 Å². The average Bonchev–Trinajstić information content (AvgIpc) is 3.11. The molecule has 0 saturated carbocycles. The second-order valence-electron chi connectivity index (χ2n) is 5.64. The summed E-state index contributed by atoms with van der Waals surface area (Å²) >= 11 is 13.0. The van der Waals surface area contributed by atoms with Crippen molar-refractivity contribution in [1.82, 2.24) is 0 Å². The number of carbonyl (C=O) groups excluding carboxylic acids is 2. The van der Waals surface area contributed by atoms with E-state index in [-0.39, 0.29) is 12.2 Å². The Balaban J connectivity index is 1.77. The van der Waals surface area contributed by atoms with Crippen LogP contribution in [0.4, 0.5) is 5.00 Å². The molecular weight excluding hydrogens is 421 g/mol. The van der Waals surface area contributed by atoms with Crippen LogP contribution < -0.4 is 10.1 Å². The molecule has 3 rings (SSSR count). The molecule has 1 heterocycles. The van der Waals surface area contributed by atoms with Crippen LogP contribution in [0.3, 0.4) is 0 Å². The van der Waals surface area contributed by atoms with E-state index >= 15 is 0 Å². The Morgan fingerprint density at radius 3 is 2.21 bits per heavy atom. The summed E-state index contributed by atoms with van der Waals surface area (Å²) < 4.78 is 10.3. The van der Waals surface area contributed by atoms with Crippen molar-refractivity contribution in [3.05, 3.63) is 69.5 Å². The predicted molar refractivity (Wildman–Crippen MR) is 112 cm³/mol. The molecule has 0 spiro atoms. The summed E-state index contributed by atoms with van der Waals surface area (Å²) in [5.41, 5.74) is 1.73. The topological polar surface area (TPSA) is 64.6 Å². The molecule has 0 bridgehead atoms. The fourth-order valence-electron chi connectivity index (χ4n) is 2.44. The Bertz CT molecular complexity index is 984. The van der Waals surface area contributed by atoms with Crippen molar-refractivity contribution in [2.24, 2.45) is 0 Å². The van der Waals surface area contributed by atoms with E-state index < -0.39 is 11.9 Å². The molecule has 5 nitrogen and oxygen atoms in total. The van der Waals surface area contributed by atoms with Gasteiger partial charge in [0.15, 0.2) is 6.61 Å². The molecule has 0 saturated heterocycles. The lowest BCUT2D eigenvalue weighted by molar-refractivity contribution is -0.118. The van der Waals surface area contributed by atoms with Gasteiger partial charge < -0.3 is 14.8 Å². The molecule has 1 aromatic heterocycles. The molecule has 1 amide bonds. The zero-order valence-corrected chi connectivity index (χ0v) is 17.0. The van der Waals surface area contributed by atoms with Gasteiger partial charge in [-0.25, -0.2) is 4.79 Å². The zero-order chi connectivity index (χ0) is 20.1. The Morgan fingerprint density at radius 2 is 1.61 bits per heavy atom. The maximum atomic E-state index is 12.3. The van der Waals surface area contributed by atoms with Crippen molar-refractivity contribution in [2.45, 2.75) is 0 Å². The number of anilines is 1. The number of hydrogen-bond acceptors (Lipinski definition) is 5. The van der Waals surface area contributed by atoms with Crippen molar-refractivity contribution in [3.63, 3.8) is 0 Å². The van der Waals surface area contributed by atoms with Gasteiger partial charge in [0.1, 0.15) is 16.3 Å². The molecule has 2 aromatic carbocycles. The van der Waals surface area contributed by atoms with Crippen molar-refractivity contribution in [2.75, 3.05) is 19.0 Å². The summed E-state index contributed by atoms with van der Waals surface area (Å²) in [6.07, 6.45) is 0. The fraction of sp³-hybridized carbons (Fsp3) is 0.100. The molecule has 8 heteroatoms. The molecule has 0 unspecified atom stereocenters. The van der Waals surface area contributed by atoms with Gasteiger partial charge in [0.25, 0.3) is 5.91 Å². The van der Waals surface area contributed by atoms with Crippen LogP contribution >= 0.6 is 34.5 Å².